The average molecular weight is 244 g/mol. The summed E-state index contributed by atoms with van der Waals surface area (Å²) in [6, 6.07) is 9.57. The zero-order valence-corrected chi connectivity index (χ0v) is 10.5. The third-order valence-electron chi connectivity index (χ3n) is 2.30. The van der Waals surface area contributed by atoms with E-state index in [9.17, 15) is 0 Å². The molecule has 1 aromatic heterocycles. The Morgan fingerprint density at radius 2 is 2.17 bits per heavy atom. The van der Waals surface area contributed by atoms with Gasteiger partial charge < -0.3 is 15.4 Å². The van der Waals surface area contributed by atoms with Crippen LogP contribution in [0.25, 0.3) is 0 Å². The van der Waals surface area contributed by atoms with E-state index in [2.05, 4.69) is 20.6 Å². The lowest BCUT2D eigenvalue weighted by Gasteiger charge is -2.08. The molecule has 0 fully saturated rings. The number of hydrogen-bond donors (Lipinski definition) is 2. The standard InChI is InChI=1S/C13H16N4O/c1-3-18-11-6-4-5-10(9-11)16-12-7-8-15-13(14-2)17-12/h4-9H,3H2,1-2H3,(H2,14,15,16,17). The van der Waals surface area contributed by atoms with Gasteiger partial charge in [0.25, 0.3) is 0 Å². The normalized spacial score (nSPS) is 9.89. The molecule has 2 N–H and O–H groups in total. The molecule has 0 aliphatic rings. The highest BCUT2D eigenvalue weighted by atomic mass is 16.5. The second-order valence-corrected chi connectivity index (χ2v) is 3.60. The van der Waals surface area contributed by atoms with Crippen LogP contribution in [-0.4, -0.2) is 23.6 Å². The lowest BCUT2D eigenvalue weighted by Crippen LogP contribution is -2.00. The van der Waals surface area contributed by atoms with Crippen LogP contribution in [0.3, 0.4) is 0 Å². The predicted molar refractivity (Wildman–Crippen MR) is 72.5 cm³/mol. The molecule has 0 spiro atoms. The summed E-state index contributed by atoms with van der Waals surface area (Å²) in [7, 11) is 1.79. The highest BCUT2D eigenvalue weighted by Gasteiger charge is 2.00. The molecule has 0 aliphatic heterocycles. The first-order valence-electron chi connectivity index (χ1n) is 5.82. The Hall–Kier alpha value is -2.30. The average Bonchev–Trinajstić information content (AvgIpc) is 2.40. The maximum absolute atomic E-state index is 5.44. The molecule has 0 radical (unpaired) electrons. The van der Waals surface area contributed by atoms with E-state index in [0.29, 0.717) is 12.6 Å². The number of rotatable bonds is 5. The molecule has 18 heavy (non-hydrogen) atoms. The van der Waals surface area contributed by atoms with Gasteiger partial charge in [0.1, 0.15) is 11.6 Å². The molecule has 0 amide bonds. The Balaban J connectivity index is 2.14. The van der Waals surface area contributed by atoms with Crippen LogP contribution in [0.2, 0.25) is 0 Å². The molecule has 2 aromatic rings. The van der Waals surface area contributed by atoms with Gasteiger partial charge >= 0.3 is 0 Å². The first-order chi connectivity index (χ1) is 8.81. The van der Waals surface area contributed by atoms with Crippen molar-refractivity contribution in [3.8, 4) is 5.75 Å². The van der Waals surface area contributed by atoms with E-state index in [-0.39, 0.29) is 0 Å². The van der Waals surface area contributed by atoms with Crippen molar-refractivity contribution in [3.63, 3.8) is 0 Å². The van der Waals surface area contributed by atoms with E-state index in [4.69, 9.17) is 4.74 Å². The number of benzene rings is 1. The van der Waals surface area contributed by atoms with Gasteiger partial charge in [-0.25, -0.2) is 4.98 Å². The van der Waals surface area contributed by atoms with Crippen LogP contribution in [0.5, 0.6) is 5.75 Å². The number of hydrogen-bond acceptors (Lipinski definition) is 5. The monoisotopic (exact) mass is 244 g/mol. The number of anilines is 3. The Morgan fingerprint density at radius 1 is 1.28 bits per heavy atom. The Labute approximate surface area is 106 Å². The van der Waals surface area contributed by atoms with Gasteiger partial charge in [0.05, 0.1) is 6.61 Å². The van der Waals surface area contributed by atoms with Crippen LogP contribution in [0.1, 0.15) is 6.92 Å². The third kappa shape index (κ3) is 3.10. The predicted octanol–water partition coefficient (Wildman–Crippen LogP) is 2.66. The van der Waals surface area contributed by atoms with Crippen molar-refractivity contribution >= 4 is 17.5 Å². The largest absolute Gasteiger partial charge is 0.494 e. The molecule has 2 rings (SSSR count). The minimum absolute atomic E-state index is 0.584. The highest BCUT2D eigenvalue weighted by molar-refractivity contribution is 5.58. The molecule has 0 atom stereocenters. The number of nitrogens with zero attached hydrogens (tertiary/aromatic N) is 2. The molecule has 1 heterocycles. The second-order valence-electron chi connectivity index (χ2n) is 3.60. The first-order valence-corrected chi connectivity index (χ1v) is 5.82. The van der Waals surface area contributed by atoms with Gasteiger partial charge in [-0.15, -0.1) is 0 Å². The van der Waals surface area contributed by atoms with Crippen molar-refractivity contribution in [2.24, 2.45) is 0 Å². The molecule has 5 heteroatoms. The van der Waals surface area contributed by atoms with E-state index < -0.39 is 0 Å². The van der Waals surface area contributed by atoms with E-state index in [0.717, 1.165) is 17.3 Å². The van der Waals surface area contributed by atoms with Gasteiger partial charge in [0, 0.05) is 25.0 Å². The number of aromatic nitrogens is 2. The van der Waals surface area contributed by atoms with E-state index in [1.165, 1.54) is 0 Å². The molecule has 94 valence electrons. The number of ether oxygens (including phenoxy) is 1. The summed E-state index contributed by atoms with van der Waals surface area (Å²) in [6.45, 7) is 2.62. The molecule has 0 saturated heterocycles. The molecule has 0 bridgehead atoms. The summed E-state index contributed by atoms with van der Waals surface area (Å²) in [6.07, 6.45) is 1.70. The fourth-order valence-corrected chi connectivity index (χ4v) is 1.53. The lowest BCUT2D eigenvalue weighted by molar-refractivity contribution is 0.340. The zero-order chi connectivity index (χ0) is 12.8. The second kappa shape index (κ2) is 5.86. The molecule has 0 unspecified atom stereocenters. The van der Waals surface area contributed by atoms with E-state index >= 15 is 0 Å². The molecular formula is C13H16N4O. The van der Waals surface area contributed by atoms with Crippen molar-refractivity contribution in [2.45, 2.75) is 6.92 Å². The maximum atomic E-state index is 5.44. The quantitative estimate of drug-likeness (QED) is 0.846. The van der Waals surface area contributed by atoms with Crippen LogP contribution in [0.4, 0.5) is 17.5 Å². The summed E-state index contributed by atoms with van der Waals surface area (Å²) in [5.41, 5.74) is 0.932. The van der Waals surface area contributed by atoms with Crippen molar-refractivity contribution in [1.82, 2.24) is 9.97 Å². The number of nitrogens with one attached hydrogen (secondary N) is 2. The smallest absolute Gasteiger partial charge is 0.224 e. The van der Waals surface area contributed by atoms with Gasteiger partial charge in [0.2, 0.25) is 5.95 Å². The van der Waals surface area contributed by atoms with Gasteiger partial charge in [-0.05, 0) is 25.1 Å². The summed E-state index contributed by atoms with van der Waals surface area (Å²) >= 11 is 0. The summed E-state index contributed by atoms with van der Waals surface area (Å²) < 4.78 is 5.44. The van der Waals surface area contributed by atoms with E-state index in [1.54, 1.807) is 13.2 Å². The highest BCUT2D eigenvalue weighted by Crippen LogP contribution is 2.20. The molecule has 1 aromatic carbocycles. The zero-order valence-electron chi connectivity index (χ0n) is 10.5. The van der Waals surface area contributed by atoms with Crippen molar-refractivity contribution in [1.29, 1.82) is 0 Å². The van der Waals surface area contributed by atoms with Gasteiger partial charge in [-0.1, -0.05) is 6.07 Å². The lowest BCUT2D eigenvalue weighted by atomic mass is 10.3. The van der Waals surface area contributed by atoms with Crippen molar-refractivity contribution < 1.29 is 4.74 Å². The SMILES string of the molecule is CCOc1cccc(Nc2ccnc(NC)n2)c1. The van der Waals surface area contributed by atoms with Gasteiger partial charge in [0.15, 0.2) is 0 Å². The molecule has 5 nitrogen and oxygen atoms in total. The van der Waals surface area contributed by atoms with Crippen molar-refractivity contribution in [2.75, 3.05) is 24.3 Å². The molecule has 0 saturated carbocycles. The van der Waals surface area contributed by atoms with Crippen LogP contribution >= 0.6 is 0 Å². The van der Waals surface area contributed by atoms with Crippen molar-refractivity contribution in [3.05, 3.63) is 36.5 Å². The Bertz CT molecular complexity index is 516. The minimum Gasteiger partial charge on any atom is -0.494 e. The fourth-order valence-electron chi connectivity index (χ4n) is 1.53. The summed E-state index contributed by atoms with van der Waals surface area (Å²) in [5.74, 6) is 2.16. The topological polar surface area (TPSA) is 59.1 Å². The van der Waals surface area contributed by atoms with Crippen LogP contribution in [0, 0.1) is 0 Å². The first kappa shape index (κ1) is 12.2. The van der Waals surface area contributed by atoms with E-state index in [1.807, 2.05) is 37.3 Å². The maximum Gasteiger partial charge on any atom is 0.224 e. The van der Waals surface area contributed by atoms with Crippen LogP contribution in [-0.2, 0) is 0 Å². The molecular weight excluding hydrogens is 228 g/mol. The van der Waals surface area contributed by atoms with Gasteiger partial charge in [-0.2, -0.15) is 4.98 Å². The Morgan fingerprint density at radius 3 is 2.94 bits per heavy atom. The van der Waals surface area contributed by atoms with Crippen LogP contribution in [0.15, 0.2) is 36.5 Å². The van der Waals surface area contributed by atoms with Gasteiger partial charge in [-0.3, -0.25) is 0 Å². The summed E-state index contributed by atoms with van der Waals surface area (Å²) in [4.78, 5) is 8.35. The minimum atomic E-state index is 0.584. The van der Waals surface area contributed by atoms with Crippen LogP contribution < -0.4 is 15.4 Å². The summed E-state index contributed by atoms with van der Waals surface area (Å²) in [5, 5.41) is 6.10. The molecule has 0 aliphatic carbocycles. The third-order valence-corrected chi connectivity index (χ3v) is 2.30. The fraction of sp³-hybridized carbons (Fsp3) is 0.231. The Kier molecular flexibility index (Phi) is 3.96.